The average molecular weight is 174 g/mol. The number of aliphatic hydroxyl groups excluding tert-OH is 1. The lowest BCUT2D eigenvalue weighted by Gasteiger charge is -2.20. The van der Waals surface area contributed by atoms with Gasteiger partial charge in [-0.1, -0.05) is 6.92 Å². The fraction of sp³-hybridized carbons (Fsp3) is 0.750. The van der Waals surface area contributed by atoms with E-state index in [2.05, 4.69) is 4.74 Å². The van der Waals surface area contributed by atoms with Crippen molar-refractivity contribution in [2.75, 3.05) is 0 Å². The molecule has 0 saturated carbocycles. The molecule has 4 nitrogen and oxygen atoms in total. The van der Waals surface area contributed by atoms with Crippen LogP contribution in [0, 0.1) is 5.92 Å². The van der Waals surface area contributed by atoms with E-state index in [0.29, 0.717) is 6.29 Å². The summed E-state index contributed by atoms with van der Waals surface area (Å²) < 4.78 is 4.69. The maximum atomic E-state index is 10.4. The maximum Gasteiger partial charge on any atom is 0.302 e. The van der Waals surface area contributed by atoms with Crippen LogP contribution in [-0.2, 0) is 14.3 Å². The van der Waals surface area contributed by atoms with E-state index in [9.17, 15) is 14.7 Å². The van der Waals surface area contributed by atoms with E-state index in [1.165, 1.54) is 6.92 Å². The van der Waals surface area contributed by atoms with Crippen LogP contribution < -0.4 is 0 Å². The molecule has 0 saturated heterocycles. The monoisotopic (exact) mass is 174 g/mol. The molecule has 0 bridgehead atoms. The molecule has 0 radical (unpaired) electrons. The van der Waals surface area contributed by atoms with Gasteiger partial charge in [-0.05, 0) is 6.92 Å². The molecule has 0 aromatic rings. The van der Waals surface area contributed by atoms with E-state index in [-0.39, 0.29) is 0 Å². The van der Waals surface area contributed by atoms with Crippen molar-refractivity contribution in [1.29, 1.82) is 0 Å². The smallest absolute Gasteiger partial charge is 0.302 e. The van der Waals surface area contributed by atoms with Crippen LogP contribution in [0.15, 0.2) is 0 Å². The minimum absolute atomic E-state index is 0.459. The molecule has 0 spiro atoms. The predicted molar refractivity (Wildman–Crippen MR) is 42.5 cm³/mol. The zero-order chi connectivity index (χ0) is 9.72. The third-order valence-electron chi connectivity index (χ3n) is 1.59. The van der Waals surface area contributed by atoms with Crippen molar-refractivity contribution >= 4 is 12.3 Å². The van der Waals surface area contributed by atoms with Gasteiger partial charge in [0.25, 0.3) is 0 Å². The molecule has 0 amide bonds. The number of hydrogen-bond donors (Lipinski definition) is 1. The number of aliphatic hydroxyl groups is 1. The average Bonchev–Trinajstić information content (AvgIpc) is 2.00. The Morgan fingerprint density at radius 3 is 2.33 bits per heavy atom. The highest BCUT2D eigenvalue weighted by Crippen LogP contribution is 2.07. The number of ether oxygens (including phenoxy) is 1. The van der Waals surface area contributed by atoms with Crippen LogP contribution in [0.3, 0.4) is 0 Å². The lowest BCUT2D eigenvalue weighted by molar-refractivity contribution is -0.153. The summed E-state index contributed by atoms with van der Waals surface area (Å²) in [7, 11) is 0. The summed E-state index contributed by atoms with van der Waals surface area (Å²) in [6.45, 7) is 4.37. The van der Waals surface area contributed by atoms with Crippen LogP contribution in [-0.4, -0.2) is 29.6 Å². The maximum absolute atomic E-state index is 10.4. The second-order valence-electron chi connectivity index (χ2n) is 2.80. The van der Waals surface area contributed by atoms with Crippen LogP contribution >= 0.6 is 0 Å². The van der Waals surface area contributed by atoms with Crippen molar-refractivity contribution in [3.63, 3.8) is 0 Å². The highest BCUT2D eigenvalue weighted by molar-refractivity contribution is 5.66. The molecule has 4 heteroatoms. The molecule has 0 rings (SSSR count). The van der Waals surface area contributed by atoms with Crippen LogP contribution in [0.2, 0.25) is 0 Å². The lowest BCUT2D eigenvalue weighted by atomic mass is 10.0. The Morgan fingerprint density at radius 1 is 1.50 bits per heavy atom. The number of carbonyl (C=O) groups excluding carboxylic acids is 2. The Hall–Kier alpha value is -0.900. The standard InChI is InChI=1S/C8H14O4/c1-5(4-9)8(11)6(2)12-7(3)10/h4-6,8,11H,1-3H3/t5-,6-,8+/m1/s1. The van der Waals surface area contributed by atoms with Crippen LogP contribution in [0.1, 0.15) is 20.8 Å². The van der Waals surface area contributed by atoms with E-state index in [0.717, 1.165) is 0 Å². The van der Waals surface area contributed by atoms with Gasteiger partial charge in [-0.25, -0.2) is 0 Å². The van der Waals surface area contributed by atoms with Gasteiger partial charge >= 0.3 is 5.97 Å². The summed E-state index contributed by atoms with van der Waals surface area (Å²) in [6, 6.07) is 0. The Morgan fingerprint density at radius 2 is 2.00 bits per heavy atom. The fourth-order valence-electron chi connectivity index (χ4n) is 0.839. The fourth-order valence-corrected chi connectivity index (χ4v) is 0.839. The largest absolute Gasteiger partial charge is 0.460 e. The van der Waals surface area contributed by atoms with Gasteiger partial charge in [-0.15, -0.1) is 0 Å². The molecule has 0 aliphatic carbocycles. The summed E-state index contributed by atoms with van der Waals surface area (Å²) in [4.78, 5) is 20.7. The van der Waals surface area contributed by atoms with E-state index >= 15 is 0 Å². The first-order chi connectivity index (χ1) is 5.49. The Labute approximate surface area is 71.5 Å². The first-order valence-electron chi connectivity index (χ1n) is 3.79. The zero-order valence-corrected chi connectivity index (χ0v) is 7.48. The predicted octanol–water partition coefficient (Wildman–Crippen LogP) is 0.134. The summed E-state index contributed by atoms with van der Waals surface area (Å²) in [5, 5.41) is 9.33. The minimum Gasteiger partial charge on any atom is -0.460 e. The van der Waals surface area contributed by atoms with E-state index < -0.39 is 24.1 Å². The van der Waals surface area contributed by atoms with E-state index in [4.69, 9.17) is 0 Å². The van der Waals surface area contributed by atoms with Crippen LogP contribution in [0.5, 0.6) is 0 Å². The number of esters is 1. The second kappa shape index (κ2) is 4.87. The molecule has 0 aromatic heterocycles. The first-order valence-corrected chi connectivity index (χ1v) is 3.79. The highest BCUT2D eigenvalue weighted by Gasteiger charge is 2.22. The first kappa shape index (κ1) is 11.1. The van der Waals surface area contributed by atoms with Gasteiger partial charge in [-0.3, -0.25) is 4.79 Å². The van der Waals surface area contributed by atoms with Crippen molar-refractivity contribution in [3.8, 4) is 0 Å². The summed E-state index contributed by atoms with van der Waals surface area (Å²) in [5.41, 5.74) is 0. The Kier molecular flexibility index (Phi) is 4.51. The zero-order valence-electron chi connectivity index (χ0n) is 7.48. The van der Waals surface area contributed by atoms with Gasteiger partial charge in [0.1, 0.15) is 12.4 Å². The molecule has 3 atom stereocenters. The Bertz CT molecular complexity index is 166. The summed E-state index contributed by atoms with van der Waals surface area (Å²) in [6.07, 6.45) is -0.931. The van der Waals surface area contributed by atoms with Gasteiger partial charge < -0.3 is 14.6 Å². The van der Waals surface area contributed by atoms with E-state index in [1.54, 1.807) is 13.8 Å². The van der Waals surface area contributed by atoms with Gasteiger partial charge in [0.05, 0.1) is 6.10 Å². The number of hydrogen-bond acceptors (Lipinski definition) is 4. The molecule has 0 heterocycles. The molecule has 0 unspecified atom stereocenters. The van der Waals surface area contributed by atoms with Crippen molar-refractivity contribution in [1.82, 2.24) is 0 Å². The lowest BCUT2D eigenvalue weighted by Crippen LogP contribution is -2.33. The highest BCUT2D eigenvalue weighted by atomic mass is 16.6. The van der Waals surface area contributed by atoms with Crippen LogP contribution in [0.4, 0.5) is 0 Å². The van der Waals surface area contributed by atoms with Crippen molar-refractivity contribution < 1.29 is 19.4 Å². The normalized spacial score (nSPS) is 17.7. The third-order valence-corrected chi connectivity index (χ3v) is 1.59. The van der Waals surface area contributed by atoms with Crippen LogP contribution in [0.25, 0.3) is 0 Å². The third kappa shape index (κ3) is 3.48. The number of rotatable bonds is 4. The van der Waals surface area contributed by atoms with Gasteiger partial charge in [0, 0.05) is 12.8 Å². The van der Waals surface area contributed by atoms with Gasteiger partial charge in [0.2, 0.25) is 0 Å². The van der Waals surface area contributed by atoms with Crippen molar-refractivity contribution in [2.24, 2.45) is 5.92 Å². The molecule has 1 N–H and O–H groups in total. The number of aldehydes is 1. The Balaban J connectivity index is 3.99. The molecule has 0 aliphatic heterocycles. The molecular formula is C8H14O4. The SMILES string of the molecule is CC(=O)O[C@H](C)[C@@H](O)[C@H](C)C=O. The topological polar surface area (TPSA) is 63.6 Å². The molecule has 0 aromatic carbocycles. The molecule has 0 fully saturated rings. The van der Waals surface area contributed by atoms with Gasteiger partial charge in [-0.2, -0.15) is 0 Å². The minimum atomic E-state index is -0.925. The quantitative estimate of drug-likeness (QED) is 0.486. The van der Waals surface area contributed by atoms with E-state index in [1.807, 2.05) is 0 Å². The summed E-state index contributed by atoms with van der Waals surface area (Å²) >= 11 is 0. The number of carbonyl (C=O) groups is 2. The summed E-state index contributed by atoms with van der Waals surface area (Å²) in [5.74, 6) is -0.973. The molecule has 70 valence electrons. The second-order valence-corrected chi connectivity index (χ2v) is 2.80. The molecular weight excluding hydrogens is 160 g/mol. The van der Waals surface area contributed by atoms with Gasteiger partial charge in [0.15, 0.2) is 0 Å². The molecule has 12 heavy (non-hydrogen) atoms. The molecule has 0 aliphatic rings. The van der Waals surface area contributed by atoms with Crippen molar-refractivity contribution in [3.05, 3.63) is 0 Å². The van der Waals surface area contributed by atoms with Crippen molar-refractivity contribution in [2.45, 2.75) is 33.0 Å².